The summed E-state index contributed by atoms with van der Waals surface area (Å²) in [5.74, 6) is -2.28. The molecular weight excluding hydrogens is 486 g/mol. The largest absolute Gasteiger partial charge is 0.476 e. The third kappa shape index (κ3) is 4.96. The van der Waals surface area contributed by atoms with Gasteiger partial charge in [0, 0.05) is 18.7 Å². The van der Waals surface area contributed by atoms with Gasteiger partial charge >= 0.3 is 5.97 Å². The van der Waals surface area contributed by atoms with E-state index in [0.29, 0.717) is 11.6 Å². The van der Waals surface area contributed by atoms with Gasteiger partial charge in [-0.15, -0.1) is 11.3 Å². The van der Waals surface area contributed by atoms with E-state index in [1.165, 1.54) is 17.6 Å². The van der Waals surface area contributed by atoms with Gasteiger partial charge in [0.1, 0.15) is 11.2 Å². The standard InChI is InChI=1S/C29H25N3O4S/c1-28(18-11-19-35-28)36-32-25(26(33)34)24-20-37-27(30-24)31-29(21-12-5-2-6-13-21,22-14-7-3-8-15-22)23-16-9-4-10-17-23/h2-17,19-20H,18H2,1H3,(H,30,31)(H,33,34). The Morgan fingerprint density at radius 3 is 2.00 bits per heavy atom. The van der Waals surface area contributed by atoms with Crippen LogP contribution in [0.15, 0.2) is 114 Å². The molecule has 0 spiro atoms. The van der Waals surface area contributed by atoms with E-state index in [0.717, 1.165) is 16.7 Å². The number of anilines is 1. The molecule has 0 bridgehead atoms. The lowest BCUT2D eigenvalue weighted by molar-refractivity contribution is -0.181. The van der Waals surface area contributed by atoms with E-state index < -0.39 is 17.3 Å². The lowest BCUT2D eigenvalue weighted by Crippen LogP contribution is -2.38. The Hall–Kier alpha value is -4.43. The Bertz CT molecular complexity index is 1310. The highest BCUT2D eigenvalue weighted by Gasteiger charge is 2.37. The van der Waals surface area contributed by atoms with E-state index in [1.54, 1.807) is 18.4 Å². The molecule has 7 nitrogen and oxygen atoms in total. The Morgan fingerprint density at radius 1 is 1.00 bits per heavy atom. The number of aromatic nitrogens is 1. The summed E-state index contributed by atoms with van der Waals surface area (Å²) in [5, 5.41) is 19.6. The van der Waals surface area contributed by atoms with E-state index in [2.05, 4.69) is 51.9 Å². The minimum Gasteiger partial charge on any atom is -0.476 e. The highest BCUT2D eigenvalue weighted by Crippen LogP contribution is 2.40. The summed E-state index contributed by atoms with van der Waals surface area (Å²) in [4.78, 5) is 22.1. The van der Waals surface area contributed by atoms with Gasteiger partial charge in [-0.1, -0.05) is 96.2 Å². The van der Waals surface area contributed by atoms with E-state index in [9.17, 15) is 9.90 Å². The predicted molar refractivity (Wildman–Crippen MR) is 143 cm³/mol. The number of thiazole rings is 1. The smallest absolute Gasteiger partial charge is 0.360 e. The first kappa shape index (κ1) is 24.3. The average molecular weight is 512 g/mol. The van der Waals surface area contributed by atoms with Gasteiger partial charge in [0.15, 0.2) is 5.13 Å². The Labute approximate surface area is 218 Å². The molecule has 2 heterocycles. The molecule has 5 rings (SSSR count). The number of nitrogens with zero attached hydrogens (tertiary/aromatic N) is 2. The SMILES string of the molecule is CC1(ON=C(C(=O)O)c2csc(NC(c3ccccc3)(c3ccccc3)c3ccccc3)n2)CC=CO1. The van der Waals surface area contributed by atoms with Crippen molar-refractivity contribution in [2.45, 2.75) is 24.7 Å². The maximum Gasteiger partial charge on any atom is 0.360 e. The first-order valence-electron chi connectivity index (χ1n) is 11.7. The monoisotopic (exact) mass is 511 g/mol. The molecule has 1 unspecified atom stereocenters. The van der Waals surface area contributed by atoms with Crippen LogP contribution in [0.5, 0.6) is 0 Å². The summed E-state index contributed by atoms with van der Waals surface area (Å²) in [7, 11) is 0. The molecule has 2 N–H and O–H groups in total. The number of ether oxygens (including phenoxy) is 1. The van der Waals surface area contributed by atoms with Crippen LogP contribution < -0.4 is 5.32 Å². The zero-order valence-corrected chi connectivity index (χ0v) is 20.9. The van der Waals surface area contributed by atoms with Crippen LogP contribution in [0.25, 0.3) is 0 Å². The third-order valence-electron chi connectivity index (χ3n) is 6.10. The average Bonchev–Trinajstić information content (AvgIpc) is 3.58. The molecule has 0 radical (unpaired) electrons. The van der Waals surface area contributed by atoms with Gasteiger partial charge in [0.05, 0.1) is 6.26 Å². The predicted octanol–water partition coefficient (Wildman–Crippen LogP) is 6.00. The van der Waals surface area contributed by atoms with Crippen molar-refractivity contribution in [1.29, 1.82) is 0 Å². The van der Waals surface area contributed by atoms with Crippen LogP contribution >= 0.6 is 11.3 Å². The van der Waals surface area contributed by atoms with Gasteiger partial charge in [-0.25, -0.2) is 9.78 Å². The van der Waals surface area contributed by atoms with Crippen molar-refractivity contribution in [3.63, 3.8) is 0 Å². The molecule has 3 aromatic carbocycles. The number of carboxylic acids is 1. The number of aliphatic carboxylic acids is 1. The number of benzene rings is 3. The Kier molecular flexibility index (Phi) is 6.74. The fourth-order valence-corrected chi connectivity index (χ4v) is 5.03. The number of hydrogen-bond donors (Lipinski definition) is 2. The van der Waals surface area contributed by atoms with E-state index in [4.69, 9.17) is 9.57 Å². The third-order valence-corrected chi connectivity index (χ3v) is 6.85. The minimum atomic E-state index is -1.24. The van der Waals surface area contributed by atoms with Gasteiger partial charge < -0.3 is 20.0 Å². The van der Waals surface area contributed by atoms with Crippen LogP contribution in [-0.2, 0) is 19.9 Å². The lowest BCUT2D eigenvalue weighted by atomic mass is 9.77. The Balaban J connectivity index is 1.57. The molecule has 37 heavy (non-hydrogen) atoms. The molecule has 1 aliphatic rings. The molecule has 8 heteroatoms. The summed E-state index contributed by atoms with van der Waals surface area (Å²) < 4.78 is 5.39. The Morgan fingerprint density at radius 2 is 1.54 bits per heavy atom. The van der Waals surface area contributed by atoms with Crippen molar-refractivity contribution >= 4 is 28.1 Å². The molecule has 0 amide bonds. The maximum absolute atomic E-state index is 12.0. The van der Waals surface area contributed by atoms with Crippen molar-refractivity contribution in [2.24, 2.45) is 5.16 Å². The van der Waals surface area contributed by atoms with E-state index >= 15 is 0 Å². The lowest BCUT2D eigenvalue weighted by Gasteiger charge is -2.36. The van der Waals surface area contributed by atoms with Gasteiger partial charge in [0.25, 0.3) is 5.79 Å². The number of nitrogens with one attached hydrogen (secondary N) is 1. The van der Waals surface area contributed by atoms with E-state index in [-0.39, 0.29) is 11.4 Å². The molecule has 0 saturated carbocycles. The van der Waals surface area contributed by atoms with Gasteiger partial charge in [-0.3, -0.25) is 0 Å². The van der Waals surface area contributed by atoms with Gasteiger partial charge in [-0.2, -0.15) is 0 Å². The fourth-order valence-electron chi connectivity index (χ4n) is 4.28. The zero-order valence-electron chi connectivity index (χ0n) is 20.1. The summed E-state index contributed by atoms with van der Waals surface area (Å²) >= 11 is 1.30. The molecule has 4 aromatic rings. The van der Waals surface area contributed by atoms with Crippen molar-refractivity contribution < 1.29 is 19.5 Å². The van der Waals surface area contributed by atoms with Gasteiger partial charge in [-0.05, 0) is 22.8 Å². The maximum atomic E-state index is 12.0. The highest BCUT2D eigenvalue weighted by atomic mass is 32.1. The summed E-state index contributed by atoms with van der Waals surface area (Å²) in [6.45, 7) is 1.69. The molecule has 0 aliphatic carbocycles. The van der Waals surface area contributed by atoms with Crippen LogP contribution in [0, 0.1) is 0 Å². The van der Waals surface area contributed by atoms with Crippen molar-refractivity contribution in [1.82, 2.24) is 4.98 Å². The van der Waals surface area contributed by atoms with Crippen molar-refractivity contribution in [2.75, 3.05) is 5.32 Å². The summed E-state index contributed by atoms with van der Waals surface area (Å²) in [6.07, 6.45) is 3.76. The number of hydrogen-bond acceptors (Lipinski definition) is 7. The second-order valence-electron chi connectivity index (χ2n) is 8.67. The van der Waals surface area contributed by atoms with Crippen molar-refractivity contribution in [3.05, 3.63) is 131 Å². The van der Waals surface area contributed by atoms with Crippen LogP contribution in [0.2, 0.25) is 0 Å². The summed E-state index contributed by atoms with van der Waals surface area (Å²) in [5.41, 5.74) is 2.14. The molecule has 1 aliphatic heterocycles. The number of oxime groups is 1. The van der Waals surface area contributed by atoms with Crippen LogP contribution in [0.3, 0.4) is 0 Å². The second-order valence-corrected chi connectivity index (χ2v) is 9.53. The van der Waals surface area contributed by atoms with Crippen LogP contribution in [0.1, 0.15) is 35.7 Å². The molecular formula is C29H25N3O4S. The van der Waals surface area contributed by atoms with Gasteiger partial charge in [0.2, 0.25) is 5.71 Å². The molecule has 0 fully saturated rings. The molecule has 1 aromatic heterocycles. The second kappa shape index (κ2) is 10.3. The fraction of sp³-hybridized carbons (Fsp3) is 0.138. The molecule has 0 saturated heterocycles. The normalized spacial score (nSPS) is 17.3. The molecule has 1 atom stereocenters. The number of carbonyl (C=O) groups is 1. The zero-order chi connectivity index (χ0) is 25.7. The first-order chi connectivity index (χ1) is 18.0. The topological polar surface area (TPSA) is 93.0 Å². The van der Waals surface area contributed by atoms with Crippen molar-refractivity contribution in [3.8, 4) is 0 Å². The number of rotatable bonds is 9. The minimum absolute atomic E-state index is 0.192. The van der Waals surface area contributed by atoms with Crippen LogP contribution in [0.4, 0.5) is 5.13 Å². The van der Waals surface area contributed by atoms with Crippen LogP contribution in [-0.4, -0.2) is 27.6 Å². The molecule has 186 valence electrons. The first-order valence-corrected chi connectivity index (χ1v) is 12.6. The number of carboxylic acid groups (broad SMARTS) is 1. The highest BCUT2D eigenvalue weighted by molar-refractivity contribution is 7.14. The van der Waals surface area contributed by atoms with E-state index in [1.807, 2.05) is 54.6 Å². The quantitative estimate of drug-likeness (QED) is 0.163. The summed E-state index contributed by atoms with van der Waals surface area (Å²) in [6, 6.07) is 30.3.